The Balaban J connectivity index is 1.27. The van der Waals surface area contributed by atoms with Gasteiger partial charge in [0.15, 0.2) is 0 Å². The van der Waals surface area contributed by atoms with Crippen molar-refractivity contribution in [1.82, 2.24) is 0 Å². The number of esters is 1. The Morgan fingerprint density at radius 1 is 0.917 bits per heavy atom. The van der Waals surface area contributed by atoms with E-state index in [0.29, 0.717) is 16.8 Å². The maximum absolute atomic E-state index is 13.1. The molecule has 2 heterocycles. The van der Waals surface area contributed by atoms with Crippen molar-refractivity contribution in [3.63, 3.8) is 0 Å². The molecule has 6 rings (SSSR count). The van der Waals surface area contributed by atoms with E-state index in [2.05, 4.69) is 0 Å². The average Bonchev–Trinajstić information content (AvgIpc) is 3.43. The quantitative estimate of drug-likeness (QED) is 0.238. The molecule has 1 aliphatic carbocycles. The number of anilines is 1. The fourth-order valence-electron chi connectivity index (χ4n) is 5.04. The van der Waals surface area contributed by atoms with E-state index < -0.39 is 23.4 Å². The van der Waals surface area contributed by atoms with Gasteiger partial charge in [-0.15, -0.1) is 0 Å². The van der Waals surface area contributed by atoms with Crippen molar-refractivity contribution < 1.29 is 23.5 Å². The number of rotatable bonds is 4. The lowest BCUT2D eigenvalue weighted by atomic mass is 10.0. The van der Waals surface area contributed by atoms with E-state index in [1.807, 2.05) is 31.2 Å². The highest BCUT2D eigenvalue weighted by Crippen LogP contribution is 2.32. The molecule has 1 aromatic heterocycles. The summed E-state index contributed by atoms with van der Waals surface area (Å²) < 4.78 is 10.9. The lowest BCUT2D eigenvalue weighted by Crippen LogP contribution is -2.29. The first kappa shape index (κ1) is 22.0. The molecule has 0 unspecified atom stereocenters. The third-order valence-corrected chi connectivity index (χ3v) is 6.88. The van der Waals surface area contributed by atoms with E-state index in [1.165, 1.54) is 35.4 Å². The topological polar surface area (TPSA) is 93.9 Å². The zero-order chi connectivity index (χ0) is 25.0. The van der Waals surface area contributed by atoms with Gasteiger partial charge in [-0.1, -0.05) is 18.2 Å². The van der Waals surface area contributed by atoms with Gasteiger partial charge in [-0.3, -0.25) is 9.59 Å². The SMILES string of the molecule is Cc1ccccc1N1C(=O)c2ccc(C(=O)OCc3cc(=O)oc4cc5c(cc34)CCC5)cc2C1=O. The van der Waals surface area contributed by atoms with Crippen LogP contribution in [0, 0.1) is 6.92 Å². The van der Waals surface area contributed by atoms with Gasteiger partial charge in [-0.2, -0.15) is 0 Å². The second-order valence-electron chi connectivity index (χ2n) is 9.13. The van der Waals surface area contributed by atoms with E-state index in [1.54, 1.807) is 12.1 Å². The van der Waals surface area contributed by atoms with Crippen molar-refractivity contribution in [3.8, 4) is 0 Å². The fourth-order valence-corrected chi connectivity index (χ4v) is 5.04. The molecule has 1 aliphatic heterocycles. The molecule has 0 fully saturated rings. The summed E-state index contributed by atoms with van der Waals surface area (Å²) in [5.41, 5.74) is 4.75. The number of hydrogen-bond donors (Lipinski definition) is 0. The lowest BCUT2D eigenvalue weighted by Gasteiger charge is -2.16. The van der Waals surface area contributed by atoms with Crippen molar-refractivity contribution in [1.29, 1.82) is 0 Å². The van der Waals surface area contributed by atoms with Crippen LogP contribution in [-0.2, 0) is 24.2 Å². The van der Waals surface area contributed by atoms with Gasteiger partial charge in [0, 0.05) is 17.0 Å². The minimum Gasteiger partial charge on any atom is -0.457 e. The van der Waals surface area contributed by atoms with Crippen molar-refractivity contribution in [2.45, 2.75) is 32.8 Å². The molecule has 7 heteroatoms. The van der Waals surface area contributed by atoms with Gasteiger partial charge in [-0.25, -0.2) is 14.5 Å². The first-order chi connectivity index (χ1) is 17.4. The summed E-state index contributed by atoms with van der Waals surface area (Å²) in [6.45, 7) is 1.70. The number of nitrogens with zero attached hydrogens (tertiary/aromatic N) is 1. The minimum absolute atomic E-state index is 0.126. The summed E-state index contributed by atoms with van der Waals surface area (Å²) in [5, 5.41) is 0.742. The van der Waals surface area contributed by atoms with E-state index in [0.717, 1.165) is 35.1 Å². The summed E-state index contributed by atoms with van der Waals surface area (Å²) in [7, 11) is 0. The molecule has 178 valence electrons. The Hall–Kier alpha value is -4.52. The van der Waals surface area contributed by atoms with Crippen LogP contribution in [0.1, 0.15) is 59.7 Å². The maximum Gasteiger partial charge on any atom is 0.338 e. The molecule has 0 saturated heterocycles. The third-order valence-electron chi connectivity index (χ3n) is 6.88. The van der Waals surface area contributed by atoms with Gasteiger partial charge in [0.1, 0.15) is 12.2 Å². The molecule has 0 N–H and O–H groups in total. The Morgan fingerprint density at radius 2 is 1.67 bits per heavy atom. The number of carbonyl (C=O) groups excluding carboxylic acids is 3. The lowest BCUT2D eigenvalue weighted by molar-refractivity contribution is 0.0473. The number of ether oxygens (including phenoxy) is 1. The van der Waals surface area contributed by atoms with Crippen LogP contribution in [0.15, 0.2) is 69.9 Å². The summed E-state index contributed by atoms with van der Waals surface area (Å²) in [6, 6.07) is 16.7. The van der Waals surface area contributed by atoms with Crippen molar-refractivity contribution in [2.24, 2.45) is 0 Å². The second kappa shape index (κ2) is 8.30. The molecule has 36 heavy (non-hydrogen) atoms. The summed E-state index contributed by atoms with van der Waals surface area (Å²) in [4.78, 5) is 52.2. The van der Waals surface area contributed by atoms with Gasteiger partial charge >= 0.3 is 11.6 Å². The molecule has 0 atom stereocenters. The highest BCUT2D eigenvalue weighted by molar-refractivity contribution is 6.34. The van der Waals surface area contributed by atoms with Crippen molar-refractivity contribution in [3.05, 3.63) is 110 Å². The first-order valence-corrected chi connectivity index (χ1v) is 11.7. The standard InChI is InChI=1S/C29H21NO6/c1-16-5-2-3-8-24(16)30-27(32)21-10-9-19(12-23(21)28(30)33)29(34)35-15-20-14-26(31)36-25-13-18-7-4-6-17(18)11-22(20)25/h2-3,5,8-14H,4,6-7,15H2,1H3. The average molecular weight is 479 g/mol. The van der Waals surface area contributed by atoms with E-state index >= 15 is 0 Å². The van der Waals surface area contributed by atoms with Crippen LogP contribution in [0.3, 0.4) is 0 Å². The molecule has 4 aromatic rings. The predicted molar refractivity (Wildman–Crippen MR) is 132 cm³/mol. The van der Waals surface area contributed by atoms with Crippen LogP contribution in [-0.4, -0.2) is 17.8 Å². The molecular formula is C29H21NO6. The zero-order valence-electron chi connectivity index (χ0n) is 19.5. The Bertz CT molecular complexity index is 1660. The van der Waals surface area contributed by atoms with Gasteiger partial charge < -0.3 is 9.15 Å². The van der Waals surface area contributed by atoms with Gasteiger partial charge in [-0.05, 0) is 79.3 Å². The largest absolute Gasteiger partial charge is 0.457 e. The summed E-state index contributed by atoms with van der Waals surface area (Å²) in [6.07, 6.45) is 2.97. The Kier molecular flexibility index (Phi) is 5.07. The van der Waals surface area contributed by atoms with Gasteiger partial charge in [0.25, 0.3) is 11.8 Å². The monoisotopic (exact) mass is 479 g/mol. The smallest absolute Gasteiger partial charge is 0.338 e. The number of fused-ring (bicyclic) bond motifs is 3. The number of aryl methyl sites for hydroxylation is 3. The number of para-hydroxylation sites is 1. The fraction of sp³-hybridized carbons (Fsp3) is 0.172. The Labute approximate surface area is 205 Å². The Morgan fingerprint density at radius 3 is 2.47 bits per heavy atom. The van der Waals surface area contributed by atoms with E-state index in [-0.39, 0.29) is 23.3 Å². The molecule has 0 saturated carbocycles. The molecule has 3 aromatic carbocycles. The highest BCUT2D eigenvalue weighted by atomic mass is 16.5. The summed E-state index contributed by atoms with van der Waals surface area (Å²) in [5.74, 6) is -1.58. The molecule has 0 bridgehead atoms. The summed E-state index contributed by atoms with van der Waals surface area (Å²) >= 11 is 0. The van der Waals surface area contributed by atoms with E-state index in [9.17, 15) is 19.2 Å². The predicted octanol–water partition coefficient (Wildman–Crippen LogP) is 4.75. The number of hydrogen-bond acceptors (Lipinski definition) is 6. The van der Waals surface area contributed by atoms with E-state index in [4.69, 9.17) is 9.15 Å². The van der Waals surface area contributed by atoms with Crippen LogP contribution in [0.25, 0.3) is 11.0 Å². The highest BCUT2D eigenvalue weighted by Gasteiger charge is 2.37. The molecule has 0 spiro atoms. The normalized spacial score (nSPS) is 14.3. The molecule has 0 radical (unpaired) electrons. The molecule has 7 nitrogen and oxygen atoms in total. The number of amides is 2. The number of benzene rings is 3. The van der Waals surface area contributed by atoms with Crippen molar-refractivity contribution >= 4 is 34.4 Å². The van der Waals surface area contributed by atoms with Gasteiger partial charge in [0.05, 0.1) is 22.4 Å². The number of imide groups is 1. The van der Waals surface area contributed by atoms with Crippen LogP contribution in [0.5, 0.6) is 0 Å². The van der Waals surface area contributed by atoms with Crippen LogP contribution < -0.4 is 10.5 Å². The minimum atomic E-state index is -0.657. The zero-order valence-corrected chi connectivity index (χ0v) is 19.5. The van der Waals surface area contributed by atoms with Crippen LogP contribution in [0.2, 0.25) is 0 Å². The van der Waals surface area contributed by atoms with Crippen LogP contribution in [0.4, 0.5) is 5.69 Å². The number of carbonyl (C=O) groups is 3. The third kappa shape index (κ3) is 3.51. The molecule has 2 aliphatic rings. The molecule has 2 amide bonds. The van der Waals surface area contributed by atoms with Crippen molar-refractivity contribution in [2.75, 3.05) is 4.90 Å². The van der Waals surface area contributed by atoms with Crippen LogP contribution >= 0.6 is 0 Å². The van der Waals surface area contributed by atoms with Gasteiger partial charge in [0.2, 0.25) is 0 Å². The second-order valence-corrected chi connectivity index (χ2v) is 9.13. The maximum atomic E-state index is 13.1. The first-order valence-electron chi connectivity index (χ1n) is 11.7. The molecular weight excluding hydrogens is 458 g/mol.